The molecule has 2 aromatic heterocycles. The first kappa shape index (κ1) is 16.7. The summed E-state index contributed by atoms with van der Waals surface area (Å²) in [5.74, 6) is -0.929. The Kier molecular flexibility index (Phi) is 4.72. The SMILES string of the molecule is Cc1nn(C)c(C)c1S(=O)(=O)NC(=O)[C@H](C)Cc1cccs1. The number of sulfonamides is 1. The fourth-order valence-electron chi connectivity index (χ4n) is 2.25. The van der Waals surface area contributed by atoms with Crippen LogP contribution >= 0.6 is 11.3 Å². The molecular formula is C14H19N3O3S2. The first-order valence-corrected chi connectivity index (χ1v) is 9.18. The number of aryl methyl sites for hydroxylation is 2. The molecule has 2 heterocycles. The predicted molar refractivity (Wildman–Crippen MR) is 85.2 cm³/mol. The van der Waals surface area contributed by atoms with Crippen molar-refractivity contribution in [1.29, 1.82) is 0 Å². The fraction of sp³-hybridized carbons (Fsp3) is 0.429. The second-order valence-electron chi connectivity index (χ2n) is 5.28. The minimum Gasteiger partial charge on any atom is -0.274 e. The first-order chi connectivity index (χ1) is 10.2. The molecule has 0 bridgehead atoms. The second kappa shape index (κ2) is 6.21. The maximum Gasteiger partial charge on any atom is 0.267 e. The zero-order valence-corrected chi connectivity index (χ0v) is 14.6. The van der Waals surface area contributed by atoms with Gasteiger partial charge < -0.3 is 0 Å². The molecule has 0 fully saturated rings. The first-order valence-electron chi connectivity index (χ1n) is 6.81. The highest BCUT2D eigenvalue weighted by Gasteiger charge is 2.27. The number of nitrogens with zero attached hydrogens (tertiary/aromatic N) is 2. The van der Waals surface area contributed by atoms with Gasteiger partial charge in [0.15, 0.2) is 0 Å². The number of aromatic nitrogens is 2. The molecule has 0 saturated carbocycles. The van der Waals surface area contributed by atoms with E-state index in [1.165, 1.54) is 4.68 Å². The van der Waals surface area contributed by atoms with Gasteiger partial charge in [0, 0.05) is 17.8 Å². The van der Waals surface area contributed by atoms with Gasteiger partial charge in [0.25, 0.3) is 10.0 Å². The Labute approximate surface area is 134 Å². The van der Waals surface area contributed by atoms with Crippen LogP contribution in [0.1, 0.15) is 23.2 Å². The maximum atomic E-state index is 12.4. The third kappa shape index (κ3) is 3.38. The van der Waals surface area contributed by atoms with Crippen LogP contribution in [-0.4, -0.2) is 24.1 Å². The Morgan fingerprint density at radius 3 is 2.64 bits per heavy atom. The summed E-state index contributed by atoms with van der Waals surface area (Å²) in [4.78, 5) is 13.3. The molecule has 1 N–H and O–H groups in total. The molecule has 0 aliphatic carbocycles. The van der Waals surface area contributed by atoms with Gasteiger partial charge in [-0.1, -0.05) is 13.0 Å². The molecule has 2 aromatic rings. The van der Waals surface area contributed by atoms with E-state index in [0.717, 1.165) is 4.88 Å². The van der Waals surface area contributed by atoms with E-state index in [2.05, 4.69) is 9.82 Å². The summed E-state index contributed by atoms with van der Waals surface area (Å²) in [5.41, 5.74) is 0.884. The van der Waals surface area contributed by atoms with Gasteiger partial charge in [-0.15, -0.1) is 11.3 Å². The highest BCUT2D eigenvalue weighted by atomic mass is 32.2. The Morgan fingerprint density at radius 1 is 1.45 bits per heavy atom. The van der Waals surface area contributed by atoms with Gasteiger partial charge in [-0.25, -0.2) is 13.1 Å². The van der Waals surface area contributed by atoms with E-state index in [1.807, 2.05) is 17.5 Å². The van der Waals surface area contributed by atoms with E-state index in [-0.39, 0.29) is 4.90 Å². The lowest BCUT2D eigenvalue weighted by Gasteiger charge is -2.12. The van der Waals surface area contributed by atoms with Crippen LogP contribution in [0.25, 0.3) is 0 Å². The van der Waals surface area contributed by atoms with Crippen molar-refractivity contribution in [3.05, 3.63) is 33.8 Å². The Morgan fingerprint density at radius 2 is 2.14 bits per heavy atom. The van der Waals surface area contributed by atoms with Gasteiger partial charge in [-0.05, 0) is 31.7 Å². The standard InChI is InChI=1S/C14H19N3O3S2/c1-9(8-12-6-5-7-21-12)14(18)16-22(19,20)13-10(2)15-17(4)11(13)3/h5-7,9H,8H2,1-4H3,(H,16,18)/t9-/m1/s1. The van der Waals surface area contributed by atoms with Gasteiger partial charge in [0.2, 0.25) is 5.91 Å². The van der Waals surface area contributed by atoms with E-state index in [4.69, 9.17) is 0 Å². The largest absolute Gasteiger partial charge is 0.274 e. The van der Waals surface area contributed by atoms with Crippen molar-refractivity contribution in [2.75, 3.05) is 0 Å². The second-order valence-corrected chi connectivity index (χ2v) is 7.93. The van der Waals surface area contributed by atoms with Crippen molar-refractivity contribution >= 4 is 27.3 Å². The molecule has 0 spiro atoms. The van der Waals surface area contributed by atoms with Crippen LogP contribution in [0.15, 0.2) is 22.4 Å². The molecule has 1 amide bonds. The van der Waals surface area contributed by atoms with E-state index in [1.54, 1.807) is 39.2 Å². The summed E-state index contributed by atoms with van der Waals surface area (Å²) >= 11 is 1.55. The molecular weight excluding hydrogens is 322 g/mol. The Bertz CT molecular complexity index is 777. The fourth-order valence-corrected chi connectivity index (χ4v) is 4.60. The van der Waals surface area contributed by atoms with Crippen molar-refractivity contribution in [3.63, 3.8) is 0 Å². The smallest absolute Gasteiger partial charge is 0.267 e. The number of rotatable bonds is 5. The van der Waals surface area contributed by atoms with E-state index >= 15 is 0 Å². The third-order valence-electron chi connectivity index (χ3n) is 3.48. The molecule has 0 aromatic carbocycles. The molecule has 0 radical (unpaired) electrons. The number of carbonyl (C=O) groups is 1. The highest BCUT2D eigenvalue weighted by molar-refractivity contribution is 7.90. The number of carbonyl (C=O) groups excluding carboxylic acids is 1. The average molecular weight is 341 g/mol. The summed E-state index contributed by atoms with van der Waals surface area (Å²) in [6.45, 7) is 4.99. The van der Waals surface area contributed by atoms with Crippen LogP contribution in [0.4, 0.5) is 0 Å². The van der Waals surface area contributed by atoms with Crippen molar-refractivity contribution in [2.45, 2.75) is 32.1 Å². The van der Waals surface area contributed by atoms with Crippen LogP contribution in [-0.2, 0) is 28.3 Å². The van der Waals surface area contributed by atoms with Crippen molar-refractivity contribution in [3.8, 4) is 0 Å². The predicted octanol–water partition coefficient (Wildman–Crippen LogP) is 1.78. The minimum atomic E-state index is -3.90. The molecule has 120 valence electrons. The molecule has 0 unspecified atom stereocenters. The number of hydrogen-bond acceptors (Lipinski definition) is 5. The number of nitrogens with one attached hydrogen (secondary N) is 1. The normalized spacial score (nSPS) is 13.1. The maximum absolute atomic E-state index is 12.4. The quantitative estimate of drug-likeness (QED) is 0.899. The Balaban J connectivity index is 2.16. The van der Waals surface area contributed by atoms with E-state index < -0.39 is 21.8 Å². The number of hydrogen-bond donors (Lipinski definition) is 1. The van der Waals surface area contributed by atoms with Gasteiger partial charge >= 0.3 is 0 Å². The lowest BCUT2D eigenvalue weighted by Crippen LogP contribution is -2.35. The number of amides is 1. The van der Waals surface area contributed by atoms with Gasteiger partial charge in [0.1, 0.15) is 4.90 Å². The summed E-state index contributed by atoms with van der Waals surface area (Å²) in [6, 6.07) is 3.84. The van der Waals surface area contributed by atoms with Crippen LogP contribution in [0.5, 0.6) is 0 Å². The van der Waals surface area contributed by atoms with Crippen LogP contribution in [0.2, 0.25) is 0 Å². The van der Waals surface area contributed by atoms with Crippen LogP contribution < -0.4 is 4.72 Å². The van der Waals surface area contributed by atoms with Crippen LogP contribution in [0, 0.1) is 19.8 Å². The lowest BCUT2D eigenvalue weighted by molar-refractivity contribution is -0.122. The van der Waals surface area contributed by atoms with Crippen molar-refractivity contribution in [1.82, 2.24) is 14.5 Å². The summed E-state index contributed by atoms with van der Waals surface area (Å²) < 4.78 is 28.5. The molecule has 1 atom stereocenters. The monoisotopic (exact) mass is 341 g/mol. The summed E-state index contributed by atoms with van der Waals surface area (Å²) in [6.07, 6.45) is 0.518. The lowest BCUT2D eigenvalue weighted by atomic mass is 10.1. The van der Waals surface area contributed by atoms with Crippen molar-refractivity contribution in [2.24, 2.45) is 13.0 Å². The third-order valence-corrected chi connectivity index (χ3v) is 5.98. The summed E-state index contributed by atoms with van der Waals surface area (Å²) in [5, 5.41) is 6.01. The minimum absolute atomic E-state index is 0.0756. The van der Waals surface area contributed by atoms with Gasteiger partial charge in [-0.3, -0.25) is 9.48 Å². The zero-order chi connectivity index (χ0) is 16.5. The van der Waals surface area contributed by atoms with Crippen molar-refractivity contribution < 1.29 is 13.2 Å². The van der Waals surface area contributed by atoms with Gasteiger partial charge in [-0.2, -0.15) is 5.10 Å². The molecule has 22 heavy (non-hydrogen) atoms. The molecule has 0 aliphatic rings. The average Bonchev–Trinajstić information content (AvgIpc) is 2.98. The topological polar surface area (TPSA) is 81.1 Å². The van der Waals surface area contributed by atoms with E-state index in [0.29, 0.717) is 17.8 Å². The Hall–Kier alpha value is -1.67. The summed E-state index contributed by atoms with van der Waals surface area (Å²) in [7, 11) is -2.23. The molecule has 0 aliphatic heterocycles. The zero-order valence-electron chi connectivity index (χ0n) is 13.0. The number of thiophene rings is 1. The molecule has 8 heteroatoms. The van der Waals surface area contributed by atoms with E-state index in [9.17, 15) is 13.2 Å². The highest BCUT2D eigenvalue weighted by Crippen LogP contribution is 2.19. The molecule has 6 nitrogen and oxygen atoms in total. The molecule has 0 saturated heterocycles. The molecule has 2 rings (SSSR count). The van der Waals surface area contributed by atoms with Gasteiger partial charge in [0.05, 0.1) is 11.4 Å². The van der Waals surface area contributed by atoms with Crippen LogP contribution in [0.3, 0.4) is 0 Å².